The van der Waals surface area contributed by atoms with Gasteiger partial charge in [-0.3, -0.25) is 4.79 Å². The van der Waals surface area contributed by atoms with E-state index in [4.69, 9.17) is 11.6 Å². The van der Waals surface area contributed by atoms with Gasteiger partial charge in [-0.1, -0.05) is 13.8 Å². The van der Waals surface area contributed by atoms with E-state index in [-0.39, 0.29) is 5.91 Å². The molecule has 5 heteroatoms. The minimum Gasteiger partial charge on any atom is -0.356 e. The summed E-state index contributed by atoms with van der Waals surface area (Å²) in [6.45, 7) is 5.02. The average molecular weight is 261 g/mol. The number of thiazole rings is 1. The number of carbonyl (C=O) groups excluding carboxylic acids is 1. The molecule has 0 radical (unpaired) electrons. The number of halogens is 1. The zero-order valence-corrected chi connectivity index (χ0v) is 11.2. The molecule has 1 rings (SSSR count). The van der Waals surface area contributed by atoms with E-state index in [1.807, 2.05) is 5.38 Å². The van der Waals surface area contributed by atoms with Crippen LogP contribution in [0.25, 0.3) is 0 Å². The Morgan fingerprint density at radius 1 is 1.62 bits per heavy atom. The molecular formula is C11H17ClN2OS. The molecule has 16 heavy (non-hydrogen) atoms. The van der Waals surface area contributed by atoms with Crippen molar-refractivity contribution in [2.24, 2.45) is 5.92 Å². The fourth-order valence-corrected chi connectivity index (χ4v) is 2.21. The summed E-state index contributed by atoms with van der Waals surface area (Å²) in [6.07, 6.45) is 1.37. The number of rotatable bonds is 6. The first-order chi connectivity index (χ1) is 7.61. The van der Waals surface area contributed by atoms with E-state index in [1.54, 1.807) is 0 Å². The summed E-state index contributed by atoms with van der Waals surface area (Å²) in [6, 6.07) is 0. The highest BCUT2D eigenvalue weighted by atomic mass is 35.5. The molecule has 0 saturated heterocycles. The van der Waals surface area contributed by atoms with Gasteiger partial charge in [-0.25, -0.2) is 4.98 Å². The fourth-order valence-electron chi connectivity index (χ4n) is 1.19. The predicted molar refractivity (Wildman–Crippen MR) is 67.8 cm³/mol. The van der Waals surface area contributed by atoms with Crippen LogP contribution in [0.1, 0.15) is 31.0 Å². The van der Waals surface area contributed by atoms with Crippen LogP contribution in [0.5, 0.6) is 0 Å². The summed E-state index contributed by atoms with van der Waals surface area (Å²) in [5.41, 5.74) is 0.844. The minimum atomic E-state index is 0.0381. The van der Waals surface area contributed by atoms with Crippen LogP contribution in [0.4, 0.5) is 0 Å². The highest BCUT2D eigenvalue weighted by Gasteiger charge is 2.07. The maximum absolute atomic E-state index is 11.5. The van der Waals surface area contributed by atoms with Crippen LogP contribution >= 0.6 is 22.9 Å². The smallest absolute Gasteiger partial charge is 0.226 e. The third-order valence-corrected chi connectivity index (χ3v) is 3.26. The van der Waals surface area contributed by atoms with Gasteiger partial charge in [0.25, 0.3) is 0 Å². The van der Waals surface area contributed by atoms with E-state index in [2.05, 4.69) is 24.1 Å². The summed E-state index contributed by atoms with van der Waals surface area (Å²) < 4.78 is 0. The van der Waals surface area contributed by atoms with E-state index in [0.717, 1.165) is 23.7 Å². The minimum absolute atomic E-state index is 0.0381. The Bertz CT molecular complexity index is 338. The molecule has 0 fully saturated rings. The normalized spacial score (nSPS) is 10.8. The lowest BCUT2D eigenvalue weighted by molar-refractivity contribution is -0.120. The Hall–Kier alpha value is -0.610. The van der Waals surface area contributed by atoms with E-state index in [1.165, 1.54) is 11.3 Å². The third kappa shape index (κ3) is 4.94. The van der Waals surface area contributed by atoms with Crippen LogP contribution < -0.4 is 5.32 Å². The van der Waals surface area contributed by atoms with Gasteiger partial charge < -0.3 is 5.32 Å². The molecule has 0 aliphatic heterocycles. The second-order valence-electron chi connectivity index (χ2n) is 4.08. The van der Waals surface area contributed by atoms with Crippen molar-refractivity contribution in [2.75, 3.05) is 6.54 Å². The number of hydrogen-bond acceptors (Lipinski definition) is 3. The first kappa shape index (κ1) is 13.5. The van der Waals surface area contributed by atoms with E-state index >= 15 is 0 Å². The molecule has 0 atom stereocenters. The van der Waals surface area contributed by atoms with Crippen molar-refractivity contribution in [3.05, 3.63) is 16.1 Å². The standard InChI is InChI=1S/C11H17ClN2OS/c1-8(2)3-4-13-10(15)5-11-14-9(6-12)7-16-11/h7-8H,3-6H2,1-2H3,(H,13,15). The molecule has 0 aliphatic carbocycles. The Morgan fingerprint density at radius 3 is 2.94 bits per heavy atom. The lowest BCUT2D eigenvalue weighted by Crippen LogP contribution is -2.26. The van der Waals surface area contributed by atoms with Crippen molar-refractivity contribution in [1.29, 1.82) is 0 Å². The Balaban J connectivity index is 2.28. The SMILES string of the molecule is CC(C)CCNC(=O)Cc1nc(CCl)cs1. The van der Waals surface area contributed by atoms with Gasteiger partial charge in [-0.15, -0.1) is 22.9 Å². The van der Waals surface area contributed by atoms with Crippen molar-refractivity contribution in [1.82, 2.24) is 10.3 Å². The first-order valence-corrected chi connectivity index (χ1v) is 6.79. The van der Waals surface area contributed by atoms with E-state index in [9.17, 15) is 4.79 Å². The van der Waals surface area contributed by atoms with Crippen molar-refractivity contribution in [3.8, 4) is 0 Å². The summed E-state index contributed by atoms with van der Waals surface area (Å²) in [7, 11) is 0. The van der Waals surface area contributed by atoms with Gasteiger partial charge >= 0.3 is 0 Å². The second kappa shape index (κ2) is 6.86. The average Bonchev–Trinajstić information content (AvgIpc) is 2.65. The number of hydrogen-bond donors (Lipinski definition) is 1. The number of nitrogens with one attached hydrogen (secondary N) is 1. The quantitative estimate of drug-likeness (QED) is 0.799. The molecule has 90 valence electrons. The summed E-state index contributed by atoms with van der Waals surface area (Å²) in [4.78, 5) is 15.8. The Labute approximate surface area is 105 Å². The molecule has 1 aromatic rings. The zero-order chi connectivity index (χ0) is 12.0. The Morgan fingerprint density at radius 2 is 2.38 bits per heavy atom. The number of carbonyl (C=O) groups is 1. The predicted octanol–water partition coefficient (Wildman–Crippen LogP) is 2.59. The number of amides is 1. The van der Waals surface area contributed by atoms with Crippen LogP contribution in [0.3, 0.4) is 0 Å². The first-order valence-electron chi connectivity index (χ1n) is 5.37. The lowest BCUT2D eigenvalue weighted by Gasteiger charge is -2.05. The zero-order valence-electron chi connectivity index (χ0n) is 9.62. The molecule has 1 heterocycles. The molecule has 0 bridgehead atoms. The largest absolute Gasteiger partial charge is 0.356 e. The molecular weight excluding hydrogens is 244 g/mol. The molecule has 0 saturated carbocycles. The topological polar surface area (TPSA) is 42.0 Å². The molecule has 1 N–H and O–H groups in total. The number of alkyl halides is 1. The van der Waals surface area contributed by atoms with Crippen molar-refractivity contribution in [2.45, 2.75) is 32.6 Å². The molecule has 1 aromatic heterocycles. The summed E-state index contributed by atoms with van der Waals surface area (Å²) >= 11 is 7.12. The molecule has 1 amide bonds. The summed E-state index contributed by atoms with van der Waals surface area (Å²) in [5.74, 6) is 1.06. The van der Waals surface area contributed by atoms with Crippen LogP contribution in [-0.4, -0.2) is 17.4 Å². The number of aromatic nitrogens is 1. The summed E-state index contributed by atoms with van der Waals surface area (Å²) in [5, 5.41) is 5.61. The van der Waals surface area contributed by atoms with Crippen molar-refractivity contribution >= 4 is 28.8 Å². The molecule has 0 aliphatic rings. The maximum Gasteiger partial charge on any atom is 0.226 e. The van der Waals surface area contributed by atoms with E-state index < -0.39 is 0 Å². The van der Waals surface area contributed by atoms with Crippen LogP contribution in [0.2, 0.25) is 0 Å². The molecule has 0 spiro atoms. The third-order valence-electron chi connectivity index (χ3n) is 2.09. The molecule has 0 unspecified atom stereocenters. The van der Waals surface area contributed by atoms with Gasteiger partial charge in [0.15, 0.2) is 0 Å². The van der Waals surface area contributed by atoms with Crippen molar-refractivity contribution < 1.29 is 4.79 Å². The van der Waals surface area contributed by atoms with Gasteiger partial charge in [-0.2, -0.15) is 0 Å². The van der Waals surface area contributed by atoms with Crippen LogP contribution in [0.15, 0.2) is 5.38 Å². The lowest BCUT2D eigenvalue weighted by atomic mass is 10.1. The van der Waals surface area contributed by atoms with Crippen molar-refractivity contribution in [3.63, 3.8) is 0 Å². The molecule has 3 nitrogen and oxygen atoms in total. The monoisotopic (exact) mass is 260 g/mol. The Kier molecular flexibility index (Phi) is 5.77. The maximum atomic E-state index is 11.5. The number of nitrogens with zero attached hydrogens (tertiary/aromatic N) is 1. The van der Waals surface area contributed by atoms with Gasteiger partial charge in [-0.05, 0) is 12.3 Å². The van der Waals surface area contributed by atoms with E-state index in [0.29, 0.717) is 18.2 Å². The van der Waals surface area contributed by atoms with Gasteiger partial charge in [0.2, 0.25) is 5.91 Å². The van der Waals surface area contributed by atoms with Crippen LogP contribution in [-0.2, 0) is 17.1 Å². The van der Waals surface area contributed by atoms with Gasteiger partial charge in [0, 0.05) is 11.9 Å². The highest BCUT2D eigenvalue weighted by Crippen LogP contribution is 2.12. The van der Waals surface area contributed by atoms with Gasteiger partial charge in [0.1, 0.15) is 5.01 Å². The second-order valence-corrected chi connectivity index (χ2v) is 5.29. The molecule has 0 aromatic carbocycles. The van der Waals surface area contributed by atoms with Gasteiger partial charge in [0.05, 0.1) is 18.0 Å². The fraction of sp³-hybridized carbons (Fsp3) is 0.636. The van der Waals surface area contributed by atoms with Crippen LogP contribution in [0, 0.1) is 5.92 Å². The highest BCUT2D eigenvalue weighted by molar-refractivity contribution is 7.09.